The number of nitrogens with zero attached hydrogens (tertiary/aromatic N) is 4. The van der Waals surface area contributed by atoms with Gasteiger partial charge in [-0.1, -0.05) is 0 Å². The maximum Gasteiger partial charge on any atom is 0.223 e. The van der Waals surface area contributed by atoms with Gasteiger partial charge in [0.1, 0.15) is 5.69 Å². The van der Waals surface area contributed by atoms with Crippen LogP contribution in [0.2, 0.25) is 0 Å². The van der Waals surface area contributed by atoms with Crippen molar-refractivity contribution in [2.24, 2.45) is 11.1 Å². The van der Waals surface area contributed by atoms with Gasteiger partial charge in [-0.2, -0.15) is 5.10 Å². The summed E-state index contributed by atoms with van der Waals surface area (Å²) in [6, 6.07) is 0.607. The van der Waals surface area contributed by atoms with Gasteiger partial charge in [0.05, 0.1) is 12.4 Å². The number of nitrogens with two attached hydrogens (primary N) is 1. The number of anilines is 1. The van der Waals surface area contributed by atoms with Gasteiger partial charge in [-0.25, -0.2) is 14.4 Å². The summed E-state index contributed by atoms with van der Waals surface area (Å²) < 4.78 is 16.6. The fourth-order valence-corrected chi connectivity index (χ4v) is 4.45. The van der Waals surface area contributed by atoms with Crippen molar-refractivity contribution >= 4 is 5.95 Å². The van der Waals surface area contributed by atoms with Crippen molar-refractivity contribution in [1.29, 1.82) is 0 Å². The molecule has 6 nitrogen and oxygen atoms in total. The maximum absolute atomic E-state index is 14.5. The molecule has 0 bridgehead atoms. The Bertz CT molecular complexity index is 819. The minimum atomic E-state index is -0.382. The van der Waals surface area contributed by atoms with Crippen LogP contribution in [-0.2, 0) is 13.0 Å². The lowest BCUT2D eigenvalue weighted by Crippen LogP contribution is -2.33. The number of rotatable bonds is 3. The zero-order chi connectivity index (χ0) is 17.7. The second kappa shape index (κ2) is 6.01. The Hall–Kier alpha value is -2.02. The Morgan fingerprint density at radius 3 is 2.73 bits per heavy atom. The first kappa shape index (κ1) is 16.2. The van der Waals surface area contributed by atoms with Gasteiger partial charge >= 0.3 is 0 Å². The molecule has 0 atom stereocenters. The molecular weight excluding hydrogens is 331 g/mol. The summed E-state index contributed by atoms with van der Waals surface area (Å²) >= 11 is 0. The van der Waals surface area contributed by atoms with Crippen LogP contribution in [0.5, 0.6) is 0 Å². The quantitative estimate of drug-likeness (QED) is 0.884. The molecule has 7 heteroatoms. The second-order valence-electron chi connectivity index (χ2n) is 8.30. The van der Waals surface area contributed by atoms with Gasteiger partial charge in [0, 0.05) is 29.9 Å². The lowest BCUT2D eigenvalue weighted by molar-refractivity contribution is 0.349. The smallest absolute Gasteiger partial charge is 0.223 e. The molecule has 26 heavy (non-hydrogen) atoms. The van der Waals surface area contributed by atoms with E-state index in [0.717, 1.165) is 49.9 Å². The molecule has 2 saturated carbocycles. The van der Waals surface area contributed by atoms with Crippen molar-refractivity contribution in [3.8, 4) is 11.3 Å². The highest BCUT2D eigenvalue weighted by Crippen LogP contribution is 2.54. The minimum absolute atomic E-state index is 0.298. The first-order valence-corrected chi connectivity index (χ1v) is 9.72. The van der Waals surface area contributed by atoms with Crippen LogP contribution in [0, 0.1) is 11.2 Å². The average molecular weight is 356 g/mol. The van der Waals surface area contributed by atoms with E-state index in [1.165, 1.54) is 25.5 Å². The lowest BCUT2D eigenvalue weighted by Gasteiger charge is -2.27. The molecule has 1 spiro atoms. The van der Waals surface area contributed by atoms with E-state index in [2.05, 4.69) is 20.4 Å². The number of fused-ring (bicyclic) bond motifs is 1. The van der Waals surface area contributed by atoms with Gasteiger partial charge in [0.15, 0.2) is 5.82 Å². The maximum atomic E-state index is 14.5. The SMILES string of the molecule is N[C@H]1CC[C@H](Nc2ncc(F)c(-c3cnn4c3CC3(CC4)CC3)n2)CC1. The van der Waals surface area contributed by atoms with E-state index in [1.807, 2.05) is 4.68 Å². The van der Waals surface area contributed by atoms with Crippen LogP contribution in [0.3, 0.4) is 0 Å². The molecule has 0 saturated heterocycles. The van der Waals surface area contributed by atoms with E-state index in [9.17, 15) is 4.39 Å². The average Bonchev–Trinajstić information content (AvgIpc) is 3.26. The van der Waals surface area contributed by atoms with Gasteiger partial charge < -0.3 is 11.1 Å². The topological polar surface area (TPSA) is 81.6 Å². The third-order valence-electron chi connectivity index (χ3n) is 6.41. The van der Waals surface area contributed by atoms with Crippen LogP contribution < -0.4 is 11.1 Å². The highest BCUT2D eigenvalue weighted by molar-refractivity contribution is 5.63. The molecule has 0 aromatic carbocycles. The Morgan fingerprint density at radius 1 is 1.15 bits per heavy atom. The summed E-state index contributed by atoms with van der Waals surface area (Å²) in [6.45, 7) is 0.926. The number of aryl methyl sites for hydroxylation is 1. The molecule has 0 amide bonds. The summed E-state index contributed by atoms with van der Waals surface area (Å²) in [5.41, 5.74) is 8.73. The zero-order valence-corrected chi connectivity index (χ0v) is 14.9. The molecule has 5 rings (SSSR count). The Kier molecular flexibility index (Phi) is 3.74. The van der Waals surface area contributed by atoms with E-state index < -0.39 is 0 Å². The molecule has 2 fully saturated rings. The van der Waals surface area contributed by atoms with Gasteiger partial charge in [0.25, 0.3) is 0 Å². The van der Waals surface area contributed by atoms with Crippen LogP contribution in [0.4, 0.5) is 10.3 Å². The van der Waals surface area contributed by atoms with Gasteiger partial charge in [0.2, 0.25) is 5.95 Å². The molecule has 2 aromatic rings. The Morgan fingerprint density at radius 2 is 1.96 bits per heavy atom. The van der Waals surface area contributed by atoms with Crippen molar-refractivity contribution in [2.45, 2.75) is 70.0 Å². The first-order valence-electron chi connectivity index (χ1n) is 9.72. The van der Waals surface area contributed by atoms with Crippen molar-refractivity contribution in [3.63, 3.8) is 0 Å². The van der Waals surface area contributed by atoms with E-state index in [1.54, 1.807) is 6.20 Å². The van der Waals surface area contributed by atoms with Gasteiger partial charge in [-0.15, -0.1) is 0 Å². The summed E-state index contributed by atoms with van der Waals surface area (Å²) in [5, 5.41) is 7.84. The lowest BCUT2D eigenvalue weighted by atomic mass is 9.91. The summed E-state index contributed by atoms with van der Waals surface area (Å²) in [5.74, 6) is 0.117. The van der Waals surface area contributed by atoms with Crippen molar-refractivity contribution in [3.05, 3.63) is 23.9 Å². The largest absolute Gasteiger partial charge is 0.351 e. The van der Waals surface area contributed by atoms with Crippen molar-refractivity contribution < 1.29 is 4.39 Å². The highest BCUT2D eigenvalue weighted by atomic mass is 19.1. The van der Waals surface area contributed by atoms with Gasteiger partial charge in [-0.05, 0) is 56.8 Å². The number of halogens is 1. The predicted octanol–water partition coefficient (Wildman–Crippen LogP) is 2.89. The minimum Gasteiger partial charge on any atom is -0.351 e. The number of nitrogens with one attached hydrogen (secondary N) is 1. The van der Waals surface area contributed by atoms with Crippen molar-refractivity contribution in [2.75, 3.05) is 5.32 Å². The van der Waals surface area contributed by atoms with E-state index in [0.29, 0.717) is 29.1 Å². The number of hydrogen-bond acceptors (Lipinski definition) is 5. The molecule has 3 N–H and O–H groups in total. The molecule has 3 aliphatic rings. The molecule has 2 aromatic heterocycles. The molecule has 138 valence electrons. The third-order valence-corrected chi connectivity index (χ3v) is 6.41. The van der Waals surface area contributed by atoms with Crippen LogP contribution in [0.15, 0.2) is 12.4 Å². The van der Waals surface area contributed by atoms with E-state index in [4.69, 9.17) is 5.73 Å². The molecule has 1 aliphatic heterocycles. The van der Waals surface area contributed by atoms with E-state index in [-0.39, 0.29) is 5.82 Å². The summed E-state index contributed by atoms with van der Waals surface area (Å²) in [7, 11) is 0. The second-order valence-corrected chi connectivity index (χ2v) is 8.30. The zero-order valence-electron chi connectivity index (χ0n) is 14.9. The number of hydrogen-bond donors (Lipinski definition) is 2. The monoisotopic (exact) mass is 356 g/mol. The molecule has 2 aliphatic carbocycles. The first-order chi connectivity index (χ1) is 12.6. The third kappa shape index (κ3) is 2.88. The van der Waals surface area contributed by atoms with Crippen molar-refractivity contribution in [1.82, 2.24) is 19.7 Å². The number of aromatic nitrogens is 4. The van der Waals surface area contributed by atoms with Gasteiger partial charge in [-0.3, -0.25) is 4.68 Å². The Balaban J connectivity index is 1.42. The normalized spacial score (nSPS) is 26.5. The molecular formula is C19H25FN6. The molecule has 3 heterocycles. The van der Waals surface area contributed by atoms with Crippen LogP contribution in [0.1, 0.15) is 50.6 Å². The molecule has 0 unspecified atom stereocenters. The predicted molar refractivity (Wildman–Crippen MR) is 97.1 cm³/mol. The van der Waals surface area contributed by atoms with Crippen LogP contribution >= 0.6 is 0 Å². The van der Waals surface area contributed by atoms with Crippen LogP contribution in [0.25, 0.3) is 11.3 Å². The Labute approximate surface area is 152 Å². The highest BCUT2D eigenvalue weighted by Gasteiger charge is 2.46. The fourth-order valence-electron chi connectivity index (χ4n) is 4.45. The summed E-state index contributed by atoms with van der Waals surface area (Å²) in [6.07, 6.45) is 11.8. The fraction of sp³-hybridized carbons (Fsp3) is 0.632. The standard InChI is InChI=1S/C19H25FN6/c20-15-11-22-18(24-13-3-1-12(21)2-4-13)25-17(15)14-10-23-26-8-7-19(5-6-19)9-16(14)26/h10-13H,1-9,21H2,(H,22,24,25)/t12-,13-. The molecule has 0 radical (unpaired) electrons. The summed E-state index contributed by atoms with van der Waals surface area (Å²) in [4.78, 5) is 8.68. The van der Waals surface area contributed by atoms with E-state index >= 15 is 0 Å². The van der Waals surface area contributed by atoms with Crippen LogP contribution in [-0.4, -0.2) is 31.8 Å².